The van der Waals surface area contributed by atoms with E-state index in [4.69, 9.17) is 20.9 Å². The van der Waals surface area contributed by atoms with E-state index in [1.807, 2.05) is 0 Å². The van der Waals surface area contributed by atoms with Crippen LogP contribution in [0.3, 0.4) is 0 Å². The molecule has 3 amide bonds. The van der Waals surface area contributed by atoms with Crippen LogP contribution in [0.1, 0.15) is 33.1 Å². The second kappa shape index (κ2) is 9.84. The zero-order valence-electron chi connectivity index (χ0n) is 15.7. The minimum atomic E-state index is -1.11. The van der Waals surface area contributed by atoms with E-state index in [-0.39, 0.29) is 24.8 Å². The maximum absolute atomic E-state index is 11.9. The van der Waals surface area contributed by atoms with Crippen molar-refractivity contribution in [2.75, 3.05) is 0 Å². The van der Waals surface area contributed by atoms with Crippen molar-refractivity contribution in [3.8, 4) is 11.4 Å². The standard InChI is InChI=1S/C18H21ClN4O5/c1-10(2)20-18(26)22-17(25)11(3)27-15(24)9-8-14-21-16(23-28-14)12-4-6-13(19)7-5-12/h4-7,10-11H,8-9H2,1-3H3,(H2,20,22,25,26)/t11-/m1/s1. The fourth-order valence-electron chi connectivity index (χ4n) is 2.10. The van der Waals surface area contributed by atoms with Gasteiger partial charge in [0.15, 0.2) is 6.10 Å². The summed E-state index contributed by atoms with van der Waals surface area (Å²) in [5.74, 6) is -0.702. The number of nitrogens with zero attached hydrogens (tertiary/aromatic N) is 2. The lowest BCUT2D eigenvalue weighted by molar-refractivity contribution is -0.154. The molecule has 0 spiro atoms. The second-order valence-corrected chi connectivity index (χ2v) is 6.70. The van der Waals surface area contributed by atoms with E-state index in [1.165, 1.54) is 6.92 Å². The minimum Gasteiger partial charge on any atom is -0.453 e. The Bertz CT molecular complexity index is 835. The van der Waals surface area contributed by atoms with Gasteiger partial charge in [-0.05, 0) is 45.0 Å². The second-order valence-electron chi connectivity index (χ2n) is 6.27. The molecular formula is C18H21ClN4O5. The Morgan fingerprint density at radius 2 is 1.86 bits per heavy atom. The first kappa shape index (κ1) is 21.4. The van der Waals surface area contributed by atoms with Crippen molar-refractivity contribution in [1.29, 1.82) is 0 Å². The number of rotatable bonds is 7. The first-order valence-corrected chi connectivity index (χ1v) is 9.01. The Labute approximate surface area is 166 Å². The number of halogens is 1. The van der Waals surface area contributed by atoms with Crippen molar-refractivity contribution in [3.63, 3.8) is 0 Å². The van der Waals surface area contributed by atoms with Crippen molar-refractivity contribution in [2.45, 2.75) is 45.8 Å². The third-order valence-corrected chi connectivity index (χ3v) is 3.70. The zero-order chi connectivity index (χ0) is 20.7. The van der Waals surface area contributed by atoms with Crippen molar-refractivity contribution >= 4 is 29.5 Å². The van der Waals surface area contributed by atoms with Gasteiger partial charge in [0.05, 0.1) is 6.42 Å². The number of carbonyl (C=O) groups is 3. The molecule has 2 N–H and O–H groups in total. The molecule has 9 nitrogen and oxygen atoms in total. The minimum absolute atomic E-state index is 0.0575. The number of aromatic nitrogens is 2. The van der Waals surface area contributed by atoms with Crippen LogP contribution in [0.5, 0.6) is 0 Å². The fraction of sp³-hybridized carbons (Fsp3) is 0.389. The van der Waals surface area contributed by atoms with E-state index in [0.717, 1.165) is 5.56 Å². The van der Waals surface area contributed by atoms with Gasteiger partial charge < -0.3 is 14.6 Å². The first-order chi connectivity index (χ1) is 13.2. The van der Waals surface area contributed by atoms with Gasteiger partial charge in [-0.1, -0.05) is 16.8 Å². The molecule has 0 saturated heterocycles. The van der Waals surface area contributed by atoms with Gasteiger partial charge >= 0.3 is 12.0 Å². The molecule has 1 heterocycles. The van der Waals surface area contributed by atoms with Crippen LogP contribution in [0.2, 0.25) is 5.02 Å². The molecule has 0 aliphatic carbocycles. The quantitative estimate of drug-likeness (QED) is 0.674. The highest BCUT2D eigenvalue weighted by Gasteiger charge is 2.20. The number of esters is 1. The predicted molar refractivity (Wildman–Crippen MR) is 100 cm³/mol. The van der Waals surface area contributed by atoms with Crippen LogP contribution in [0.15, 0.2) is 28.8 Å². The number of benzene rings is 1. The van der Waals surface area contributed by atoms with Crippen LogP contribution in [-0.4, -0.2) is 40.2 Å². The Balaban J connectivity index is 1.80. The summed E-state index contributed by atoms with van der Waals surface area (Å²) >= 11 is 5.84. The number of hydrogen-bond donors (Lipinski definition) is 2. The topological polar surface area (TPSA) is 123 Å². The lowest BCUT2D eigenvalue weighted by Gasteiger charge is -2.14. The van der Waals surface area contributed by atoms with Gasteiger partial charge in [0.25, 0.3) is 5.91 Å². The lowest BCUT2D eigenvalue weighted by atomic mass is 10.2. The summed E-state index contributed by atoms with van der Waals surface area (Å²) in [6, 6.07) is 6.14. The summed E-state index contributed by atoms with van der Waals surface area (Å²) in [7, 11) is 0. The van der Waals surface area contributed by atoms with Crippen molar-refractivity contribution in [3.05, 3.63) is 35.2 Å². The highest BCUT2D eigenvalue weighted by Crippen LogP contribution is 2.19. The Morgan fingerprint density at radius 3 is 2.50 bits per heavy atom. The molecule has 2 aromatic rings. The van der Waals surface area contributed by atoms with Crippen molar-refractivity contribution in [2.24, 2.45) is 0 Å². The van der Waals surface area contributed by atoms with Crippen LogP contribution < -0.4 is 10.6 Å². The number of hydrogen-bond acceptors (Lipinski definition) is 7. The first-order valence-electron chi connectivity index (χ1n) is 8.64. The molecule has 1 aromatic carbocycles. The third kappa shape index (κ3) is 6.66. The van der Waals surface area contributed by atoms with Gasteiger partial charge in [0.2, 0.25) is 11.7 Å². The number of ether oxygens (including phenoxy) is 1. The van der Waals surface area contributed by atoms with E-state index in [1.54, 1.807) is 38.1 Å². The van der Waals surface area contributed by atoms with E-state index >= 15 is 0 Å². The van der Waals surface area contributed by atoms with Crippen LogP contribution >= 0.6 is 11.6 Å². The molecule has 0 bridgehead atoms. The van der Waals surface area contributed by atoms with E-state index in [9.17, 15) is 14.4 Å². The summed E-state index contributed by atoms with van der Waals surface area (Å²) in [5, 5.41) is 9.04. The number of amides is 3. The number of aryl methyl sites for hydroxylation is 1. The maximum Gasteiger partial charge on any atom is 0.321 e. The molecule has 0 saturated carbocycles. The lowest BCUT2D eigenvalue weighted by Crippen LogP contribution is -2.46. The van der Waals surface area contributed by atoms with Gasteiger partial charge in [0.1, 0.15) is 0 Å². The van der Waals surface area contributed by atoms with Crippen LogP contribution in [-0.2, 0) is 20.7 Å². The molecule has 10 heteroatoms. The summed E-state index contributed by atoms with van der Waals surface area (Å²) in [5.41, 5.74) is 0.729. The van der Waals surface area contributed by atoms with Crippen LogP contribution in [0.4, 0.5) is 4.79 Å². The molecular weight excluding hydrogens is 388 g/mol. The van der Waals surface area contributed by atoms with Crippen LogP contribution in [0.25, 0.3) is 11.4 Å². The normalized spacial score (nSPS) is 11.8. The SMILES string of the molecule is CC(C)NC(=O)NC(=O)[C@@H](C)OC(=O)CCc1nc(-c2ccc(Cl)cc2)no1. The molecule has 0 aliphatic rings. The Morgan fingerprint density at radius 1 is 1.18 bits per heavy atom. The summed E-state index contributed by atoms with van der Waals surface area (Å²) in [6.45, 7) is 4.88. The average Bonchev–Trinajstić information content (AvgIpc) is 3.08. The summed E-state index contributed by atoms with van der Waals surface area (Å²) in [4.78, 5) is 39.4. The number of carbonyl (C=O) groups excluding carboxylic acids is 3. The van der Waals surface area contributed by atoms with E-state index < -0.39 is 24.0 Å². The molecule has 28 heavy (non-hydrogen) atoms. The highest BCUT2D eigenvalue weighted by atomic mass is 35.5. The summed E-state index contributed by atoms with van der Waals surface area (Å²) in [6.07, 6.45) is -1.02. The molecule has 0 unspecified atom stereocenters. The number of urea groups is 1. The fourth-order valence-corrected chi connectivity index (χ4v) is 2.23. The van der Waals surface area contributed by atoms with Gasteiger partial charge in [0, 0.05) is 23.0 Å². The van der Waals surface area contributed by atoms with E-state index in [2.05, 4.69) is 20.8 Å². The summed E-state index contributed by atoms with van der Waals surface area (Å²) < 4.78 is 10.1. The van der Waals surface area contributed by atoms with E-state index in [0.29, 0.717) is 10.8 Å². The van der Waals surface area contributed by atoms with Gasteiger partial charge in [-0.3, -0.25) is 14.9 Å². The Hall–Kier alpha value is -2.94. The number of imide groups is 1. The molecule has 0 aliphatic heterocycles. The molecule has 0 fully saturated rings. The Kier molecular flexibility index (Phi) is 7.51. The van der Waals surface area contributed by atoms with Crippen LogP contribution in [0, 0.1) is 0 Å². The van der Waals surface area contributed by atoms with Crippen molar-refractivity contribution in [1.82, 2.24) is 20.8 Å². The third-order valence-electron chi connectivity index (χ3n) is 3.45. The zero-order valence-corrected chi connectivity index (χ0v) is 16.4. The highest BCUT2D eigenvalue weighted by molar-refractivity contribution is 6.30. The number of nitrogens with one attached hydrogen (secondary N) is 2. The molecule has 150 valence electrons. The molecule has 2 rings (SSSR count). The smallest absolute Gasteiger partial charge is 0.321 e. The predicted octanol–water partition coefficient (Wildman–Crippen LogP) is 2.49. The monoisotopic (exact) mass is 408 g/mol. The van der Waals surface area contributed by atoms with Crippen molar-refractivity contribution < 1.29 is 23.6 Å². The van der Waals surface area contributed by atoms with Gasteiger partial charge in [-0.2, -0.15) is 4.98 Å². The average molecular weight is 409 g/mol. The van der Waals surface area contributed by atoms with Gasteiger partial charge in [-0.15, -0.1) is 0 Å². The maximum atomic E-state index is 11.9. The molecule has 0 radical (unpaired) electrons. The molecule has 1 aromatic heterocycles. The van der Waals surface area contributed by atoms with Gasteiger partial charge in [-0.25, -0.2) is 4.79 Å². The molecule has 1 atom stereocenters. The largest absolute Gasteiger partial charge is 0.453 e.